The Kier molecular flexibility index (Phi) is 7.07. The maximum atomic E-state index is 5.27. The van der Waals surface area contributed by atoms with Gasteiger partial charge in [-0.3, -0.25) is 0 Å². The summed E-state index contributed by atoms with van der Waals surface area (Å²) >= 11 is 7.80. The van der Waals surface area contributed by atoms with E-state index in [1.165, 1.54) is 0 Å². The van der Waals surface area contributed by atoms with E-state index in [-0.39, 0.29) is 19.5 Å². The minimum atomic E-state index is -0.250. The Morgan fingerprint density at radius 3 is 2.54 bits per heavy atom. The van der Waals surface area contributed by atoms with Gasteiger partial charge in [-0.05, 0) is 12.1 Å². The summed E-state index contributed by atoms with van der Waals surface area (Å²) in [4.78, 5) is 1.11. The van der Waals surface area contributed by atoms with Crippen molar-refractivity contribution in [2.24, 2.45) is 0 Å². The second kappa shape index (κ2) is 7.49. The van der Waals surface area contributed by atoms with Crippen molar-refractivity contribution in [2.45, 2.75) is 6.29 Å². The van der Waals surface area contributed by atoms with Crippen LogP contribution in [0.15, 0.2) is 12.1 Å². The summed E-state index contributed by atoms with van der Waals surface area (Å²) in [6, 6.07) is 3.85. The van der Waals surface area contributed by atoms with Gasteiger partial charge in [-0.25, -0.2) is 0 Å². The van der Waals surface area contributed by atoms with E-state index in [1.54, 1.807) is 11.3 Å². The van der Waals surface area contributed by atoms with Gasteiger partial charge in [-0.2, -0.15) is 0 Å². The fourth-order valence-electron chi connectivity index (χ4n) is 0.902. The van der Waals surface area contributed by atoms with Crippen molar-refractivity contribution in [3.63, 3.8) is 0 Å². The van der Waals surface area contributed by atoms with Crippen molar-refractivity contribution in [3.8, 4) is 0 Å². The zero-order valence-electron chi connectivity index (χ0n) is 6.83. The number of rotatable bonds is 1. The minimum absolute atomic E-state index is 0.115. The van der Waals surface area contributed by atoms with Crippen LogP contribution in [-0.2, 0) is 22.7 Å². The third-order valence-electron chi connectivity index (χ3n) is 1.35. The third kappa shape index (κ3) is 4.49. The molecule has 1 fully saturated rings. The molecule has 2 rings (SSSR count). The monoisotopic (exact) mass is 377 g/mol. The normalized spacial score (nSPS) is 16.2. The van der Waals surface area contributed by atoms with Gasteiger partial charge in [0, 0.05) is 5.38 Å². The van der Waals surface area contributed by atoms with E-state index >= 15 is 0 Å². The van der Waals surface area contributed by atoms with E-state index in [0.717, 1.165) is 4.88 Å². The van der Waals surface area contributed by atoms with E-state index in [0.29, 0.717) is 13.2 Å². The molecule has 0 spiro atoms. The van der Waals surface area contributed by atoms with Gasteiger partial charge < -0.3 is 9.47 Å². The molecule has 0 amide bonds. The van der Waals surface area contributed by atoms with Gasteiger partial charge in [-0.15, -0.1) is 11.3 Å². The Labute approximate surface area is 102 Å². The van der Waals surface area contributed by atoms with Gasteiger partial charge >= 0.3 is 40.5 Å². The van der Waals surface area contributed by atoms with Gasteiger partial charge in [-0.1, -0.05) is 0 Å². The first-order valence-corrected chi connectivity index (χ1v) is 18.4. The van der Waals surface area contributed by atoms with Crippen LogP contribution in [-0.4, -0.2) is 13.2 Å². The number of thiophene rings is 1. The van der Waals surface area contributed by atoms with E-state index in [9.17, 15) is 0 Å². The zero-order valence-corrected chi connectivity index (χ0v) is 13.8. The summed E-state index contributed by atoms with van der Waals surface area (Å²) in [7, 11) is 0. The molecule has 1 aliphatic rings. The number of hydrogen-bond acceptors (Lipinski definition) is 3. The van der Waals surface area contributed by atoms with Crippen molar-refractivity contribution < 1.29 is 22.7 Å². The molecule has 1 aliphatic heterocycles. The molecule has 1 aromatic heterocycles. The summed E-state index contributed by atoms with van der Waals surface area (Å²) in [5.41, 5.74) is 0. The summed E-state index contributed by atoms with van der Waals surface area (Å²) in [5, 5.41) is 2.99. The van der Waals surface area contributed by atoms with Gasteiger partial charge in [0.1, 0.15) is 0 Å². The number of hydrogen-bond donors (Lipinski definition) is 0. The van der Waals surface area contributed by atoms with Crippen molar-refractivity contribution in [3.05, 3.63) is 22.4 Å². The first kappa shape index (κ1) is 12.3. The van der Waals surface area contributed by atoms with Crippen LogP contribution in [0.3, 0.4) is 0 Å². The van der Waals surface area contributed by atoms with Gasteiger partial charge in [0.25, 0.3) is 0 Å². The molecule has 1 radical (unpaired) electrons. The van der Waals surface area contributed by atoms with Crippen molar-refractivity contribution >= 4 is 38.6 Å². The Balaban J connectivity index is 0.000000251. The predicted molar refractivity (Wildman–Crippen MR) is 55.7 cm³/mol. The van der Waals surface area contributed by atoms with E-state index in [4.69, 9.17) is 9.47 Å². The van der Waals surface area contributed by atoms with Crippen LogP contribution in [0.5, 0.6) is 0 Å². The largest absolute Gasteiger partial charge is 0.345 e. The third-order valence-corrected chi connectivity index (χ3v) is 2.16. The van der Waals surface area contributed by atoms with E-state index in [2.05, 4.69) is 32.6 Å². The molecule has 2 nitrogen and oxygen atoms in total. The molecule has 0 aliphatic carbocycles. The molecule has 2 heterocycles. The van der Waals surface area contributed by atoms with E-state index < -0.39 is 0 Å². The standard InChI is InChI=1S/C7H7O2S.2BrH.Zn/c1-2-6(10-5-1)7-8-3-4-9-7;;;/h1-2,7H,3-4H2;2*1H;/q;;;+2/p-2. The maximum absolute atomic E-state index is 5.27. The molecule has 13 heavy (non-hydrogen) atoms. The second-order valence-electron chi connectivity index (χ2n) is 2.13. The molecular weight excluding hydrogens is 373 g/mol. The Hall–Kier alpha value is 1.20. The molecule has 0 unspecified atom stereocenters. The summed E-state index contributed by atoms with van der Waals surface area (Å²) in [5.74, 6) is 0. The number of halogens is 2. The zero-order chi connectivity index (χ0) is 9.52. The van der Waals surface area contributed by atoms with Gasteiger partial charge in [0.15, 0.2) is 6.29 Å². The average Bonchev–Trinajstić information content (AvgIpc) is 2.78. The molecule has 6 heteroatoms. The molecule has 1 saturated heterocycles. The number of ether oxygens (including phenoxy) is 2. The summed E-state index contributed by atoms with van der Waals surface area (Å²) in [6.45, 7) is 1.42. The SMILES string of the molecule is [Br][Zn][Br].[c]1ccc(C2OCCO2)s1. The first-order chi connectivity index (χ1) is 6.38. The Bertz CT molecular complexity index is 214. The van der Waals surface area contributed by atoms with E-state index in [1.807, 2.05) is 12.1 Å². The fraction of sp³-hybridized carbons (Fsp3) is 0.429. The molecule has 1 aromatic rings. The van der Waals surface area contributed by atoms with Crippen molar-refractivity contribution in [2.75, 3.05) is 13.2 Å². The topological polar surface area (TPSA) is 18.5 Å². The van der Waals surface area contributed by atoms with Crippen LogP contribution in [0.4, 0.5) is 0 Å². The van der Waals surface area contributed by atoms with Gasteiger partial charge in [0.05, 0.1) is 18.1 Å². The summed E-state index contributed by atoms with van der Waals surface area (Å²) in [6.07, 6.45) is -0.115. The Morgan fingerprint density at radius 2 is 2.08 bits per heavy atom. The molecule has 0 aromatic carbocycles. The molecular formula is C7H7Br2O2SZn. The van der Waals surface area contributed by atoms with Crippen molar-refractivity contribution in [1.82, 2.24) is 0 Å². The first-order valence-electron chi connectivity index (χ1n) is 3.69. The van der Waals surface area contributed by atoms with Crippen LogP contribution < -0.4 is 0 Å². The molecule has 0 N–H and O–H groups in total. The quantitative estimate of drug-likeness (QED) is 0.697. The van der Waals surface area contributed by atoms with Crippen LogP contribution in [0.2, 0.25) is 0 Å². The summed E-state index contributed by atoms with van der Waals surface area (Å²) < 4.78 is 10.5. The smallest absolute Gasteiger partial charge is 0.193 e. The molecule has 69 valence electrons. The molecule has 0 saturated carbocycles. The average molecular weight is 380 g/mol. The maximum Gasteiger partial charge on any atom is 0.193 e. The second-order valence-corrected chi connectivity index (χ2v) is 17.1. The van der Waals surface area contributed by atoms with Gasteiger partial charge in [0.2, 0.25) is 0 Å². The van der Waals surface area contributed by atoms with Crippen LogP contribution in [0.25, 0.3) is 0 Å². The van der Waals surface area contributed by atoms with Crippen LogP contribution in [0, 0.1) is 5.38 Å². The fourth-order valence-corrected chi connectivity index (χ4v) is 1.54. The van der Waals surface area contributed by atoms with Crippen molar-refractivity contribution in [1.29, 1.82) is 0 Å². The molecule has 0 atom stereocenters. The Morgan fingerprint density at radius 1 is 1.46 bits per heavy atom. The minimum Gasteiger partial charge on any atom is -0.345 e. The van der Waals surface area contributed by atoms with Crippen LogP contribution in [0.1, 0.15) is 11.2 Å². The van der Waals surface area contributed by atoms with Crippen LogP contribution >= 0.6 is 38.6 Å². The predicted octanol–water partition coefficient (Wildman–Crippen LogP) is 3.28. The molecule has 0 bridgehead atoms.